The number of methoxy groups -OCH3 is 1. The maximum Gasteiger partial charge on any atom is 0.277 e. The van der Waals surface area contributed by atoms with Crippen molar-refractivity contribution < 1.29 is 19.4 Å². The van der Waals surface area contributed by atoms with E-state index in [9.17, 15) is 9.90 Å². The number of hydrogen-bond acceptors (Lipinski definition) is 5. The zero-order valence-corrected chi connectivity index (χ0v) is 15.0. The summed E-state index contributed by atoms with van der Waals surface area (Å²) in [6.45, 7) is 3.50. The van der Waals surface area contributed by atoms with Crippen LogP contribution in [0.15, 0.2) is 54.2 Å². The Morgan fingerprint density at radius 1 is 1.38 bits per heavy atom. The van der Waals surface area contributed by atoms with Crippen molar-refractivity contribution in [3.8, 4) is 17.2 Å². The molecular weight excluding hydrogens is 356 g/mol. The van der Waals surface area contributed by atoms with Crippen LogP contribution in [0.4, 0.5) is 0 Å². The Bertz CT molecular complexity index is 821. The first kappa shape index (κ1) is 19.3. The average Bonchev–Trinajstić information content (AvgIpc) is 2.64. The molecule has 0 radical (unpaired) electrons. The average molecular weight is 375 g/mol. The van der Waals surface area contributed by atoms with Crippen LogP contribution in [0.5, 0.6) is 17.2 Å². The molecule has 7 heteroatoms. The van der Waals surface area contributed by atoms with Crippen LogP contribution in [0.1, 0.15) is 11.1 Å². The maximum atomic E-state index is 11.9. The van der Waals surface area contributed by atoms with Gasteiger partial charge in [0.2, 0.25) is 0 Å². The minimum absolute atomic E-state index is 0.124. The highest BCUT2D eigenvalue weighted by molar-refractivity contribution is 6.32. The lowest BCUT2D eigenvalue weighted by Gasteiger charge is -2.09. The Morgan fingerprint density at radius 2 is 2.15 bits per heavy atom. The fraction of sp³-hybridized carbons (Fsp3) is 0.158. The number of hydrogen-bond donors (Lipinski definition) is 2. The van der Waals surface area contributed by atoms with Gasteiger partial charge in [0.1, 0.15) is 17.2 Å². The van der Waals surface area contributed by atoms with Crippen LogP contribution in [0.2, 0.25) is 5.02 Å². The number of para-hydroxylation sites is 1. The molecule has 0 atom stereocenters. The molecular formula is C19H19ClN2O4. The van der Waals surface area contributed by atoms with Crippen molar-refractivity contribution in [2.45, 2.75) is 6.42 Å². The summed E-state index contributed by atoms with van der Waals surface area (Å²) in [4.78, 5) is 11.9. The molecule has 2 N–H and O–H groups in total. The number of allylic oxidation sites excluding steroid dienone is 1. The fourth-order valence-electron chi connectivity index (χ4n) is 2.13. The van der Waals surface area contributed by atoms with Gasteiger partial charge < -0.3 is 14.6 Å². The number of aromatic hydroxyl groups is 1. The van der Waals surface area contributed by atoms with E-state index in [1.807, 2.05) is 18.2 Å². The van der Waals surface area contributed by atoms with E-state index >= 15 is 0 Å². The number of phenolic OH excluding ortho intramolecular Hbond substituents is 1. The summed E-state index contributed by atoms with van der Waals surface area (Å²) in [5.41, 5.74) is 3.58. The third-order valence-electron chi connectivity index (χ3n) is 3.39. The highest BCUT2D eigenvalue weighted by Crippen LogP contribution is 2.31. The zero-order chi connectivity index (χ0) is 18.9. The molecule has 0 unspecified atom stereocenters. The summed E-state index contributed by atoms with van der Waals surface area (Å²) in [7, 11) is 1.48. The summed E-state index contributed by atoms with van der Waals surface area (Å²) in [6, 6.07) is 10.4. The topological polar surface area (TPSA) is 80.2 Å². The Kier molecular flexibility index (Phi) is 7.05. The number of ether oxygens (including phenoxy) is 2. The lowest BCUT2D eigenvalue weighted by molar-refractivity contribution is -0.123. The molecule has 0 aliphatic carbocycles. The highest BCUT2D eigenvalue weighted by Gasteiger charge is 2.08. The number of hydrazone groups is 1. The summed E-state index contributed by atoms with van der Waals surface area (Å²) in [5, 5.41) is 13.8. The molecule has 2 rings (SSSR count). The van der Waals surface area contributed by atoms with Gasteiger partial charge in [-0.05, 0) is 24.1 Å². The fourth-order valence-corrected chi connectivity index (χ4v) is 2.35. The number of phenols is 1. The monoisotopic (exact) mass is 374 g/mol. The van der Waals surface area contributed by atoms with E-state index in [0.29, 0.717) is 23.5 Å². The second kappa shape index (κ2) is 9.48. The summed E-state index contributed by atoms with van der Waals surface area (Å²) >= 11 is 5.89. The summed E-state index contributed by atoms with van der Waals surface area (Å²) < 4.78 is 10.6. The van der Waals surface area contributed by atoms with Crippen LogP contribution >= 0.6 is 11.6 Å². The SMILES string of the molecule is C=CCc1ccccc1OCC(=O)N/N=C\c1cc(OC)cc(Cl)c1O. The minimum atomic E-state index is -0.442. The van der Waals surface area contributed by atoms with Gasteiger partial charge in [-0.2, -0.15) is 5.10 Å². The van der Waals surface area contributed by atoms with E-state index in [-0.39, 0.29) is 17.4 Å². The standard InChI is InChI=1S/C19H19ClN2O4/c1-3-6-13-7-4-5-8-17(13)26-12-18(23)22-21-11-14-9-15(25-2)10-16(20)19(14)24/h3-5,7-11,24H,1,6,12H2,2H3,(H,22,23)/b21-11-. The van der Waals surface area contributed by atoms with Crippen molar-refractivity contribution in [3.05, 3.63) is 65.2 Å². The molecule has 1 amide bonds. The van der Waals surface area contributed by atoms with E-state index in [1.54, 1.807) is 18.2 Å². The predicted molar refractivity (Wildman–Crippen MR) is 101 cm³/mol. The molecule has 0 saturated heterocycles. The van der Waals surface area contributed by atoms with Crippen LogP contribution in [0.3, 0.4) is 0 Å². The van der Waals surface area contributed by atoms with Gasteiger partial charge in [0.25, 0.3) is 5.91 Å². The third-order valence-corrected chi connectivity index (χ3v) is 3.68. The molecule has 0 fully saturated rings. The van der Waals surface area contributed by atoms with Crippen molar-refractivity contribution in [2.24, 2.45) is 5.10 Å². The van der Waals surface area contributed by atoms with Gasteiger partial charge in [-0.15, -0.1) is 6.58 Å². The first-order valence-electron chi connectivity index (χ1n) is 7.75. The number of halogens is 1. The quantitative estimate of drug-likeness (QED) is 0.422. The third kappa shape index (κ3) is 5.26. The van der Waals surface area contributed by atoms with Gasteiger partial charge in [0.05, 0.1) is 18.3 Å². The van der Waals surface area contributed by atoms with Gasteiger partial charge in [-0.25, -0.2) is 5.43 Å². The summed E-state index contributed by atoms with van der Waals surface area (Å²) in [6.07, 6.45) is 3.68. The first-order valence-corrected chi connectivity index (χ1v) is 8.13. The van der Waals surface area contributed by atoms with Crippen LogP contribution in [-0.4, -0.2) is 30.9 Å². The number of nitrogens with one attached hydrogen (secondary N) is 1. The molecule has 0 aliphatic heterocycles. The second-order valence-electron chi connectivity index (χ2n) is 5.23. The van der Waals surface area contributed by atoms with E-state index in [4.69, 9.17) is 21.1 Å². The lowest BCUT2D eigenvalue weighted by atomic mass is 10.1. The molecule has 26 heavy (non-hydrogen) atoms. The van der Waals surface area contributed by atoms with Crippen LogP contribution in [0, 0.1) is 0 Å². The number of benzene rings is 2. The smallest absolute Gasteiger partial charge is 0.277 e. The Labute approximate surface area is 156 Å². The van der Waals surface area contributed by atoms with Crippen molar-refractivity contribution in [1.82, 2.24) is 5.43 Å². The van der Waals surface area contributed by atoms with E-state index in [1.165, 1.54) is 19.4 Å². The van der Waals surface area contributed by atoms with Crippen molar-refractivity contribution in [3.63, 3.8) is 0 Å². The molecule has 0 saturated carbocycles. The van der Waals surface area contributed by atoms with E-state index in [2.05, 4.69) is 17.1 Å². The van der Waals surface area contributed by atoms with Crippen molar-refractivity contribution in [1.29, 1.82) is 0 Å². The van der Waals surface area contributed by atoms with E-state index < -0.39 is 5.91 Å². The number of nitrogens with zero attached hydrogens (tertiary/aromatic N) is 1. The Morgan fingerprint density at radius 3 is 2.88 bits per heavy atom. The Hall–Kier alpha value is -2.99. The Balaban J connectivity index is 1.94. The number of amides is 1. The highest BCUT2D eigenvalue weighted by atomic mass is 35.5. The van der Waals surface area contributed by atoms with Gasteiger partial charge in [0, 0.05) is 11.6 Å². The van der Waals surface area contributed by atoms with Gasteiger partial charge in [0.15, 0.2) is 6.61 Å². The normalized spacial score (nSPS) is 10.5. The van der Waals surface area contributed by atoms with Crippen LogP contribution < -0.4 is 14.9 Å². The lowest BCUT2D eigenvalue weighted by Crippen LogP contribution is -2.24. The van der Waals surface area contributed by atoms with E-state index in [0.717, 1.165) is 5.56 Å². The molecule has 2 aromatic carbocycles. The first-order chi connectivity index (χ1) is 12.5. The summed E-state index contributed by atoms with van der Waals surface area (Å²) in [5.74, 6) is 0.481. The van der Waals surface area contributed by atoms with Crippen molar-refractivity contribution >= 4 is 23.7 Å². The van der Waals surface area contributed by atoms with Crippen molar-refractivity contribution in [2.75, 3.05) is 13.7 Å². The van der Waals surface area contributed by atoms with Crippen LogP contribution in [0.25, 0.3) is 0 Å². The number of carbonyl (C=O) groups is 1. The minimum Gasteiger partial charge on any atom is -0.506 e. The molecule has 6 nitrogen and oxygen atoms in total. The molecule has 0 bridgehead atoms. The largest absolute Gasteiger partial charge is 0.506 e. The molecule has 2 aromatic rings. The maximum absolute atomic E-state index is 11.9. The van der Waals surface area contributed by atoms with Gasteiger partial charge >= 0.3 is 0 Å². The second-order valence-corrected chi connectivity index (χ2v) is 5.64. The van der Waals surface area contributed by atoms with Crippen LogP contribution in [-0.2, 0) is 11.2 Å². The molecule has 0 spiro atoms. The number of rotatable bonds is 8. The van der Waals surface area contributed by atoms with Gasteiger partial charge in [-0.1, -0.05) is 35.9 Å². The predicted octanol–water partition coefficient (Wildman–Crippen LogP) is 3.31. The molecule has 0 heterocycles. The molecule has 0 aromatic heterocycles. The molecule has 136 valence electrons. The molecule has 0 aliphatic rings. The number of carbonyl (C=O) groups excluding carboxylic acids is 1. The van der Waals surface area contributed by atoms with Gasteiger partial charge in [-0.3, -0.25) is 4.79 Å². The zero-order valence-electron chi connectivity index (χ0n) is 14.2.